The van der Waals surface area contributed by atoms with Crippen molar-refractivity contribution in [1.29, 1.82) is 0 Å². The van der Waals surface area contributed by atoms with Crippen molar-refractivity contribution < 1.29 is 15.0 Å². The molecular weight excluding hydrogens is 268 g/mol. The second-order valence-electron chi connectivity index (χ2n) is 4.75. The van der Waals surface area contributed by atoms with Crippen LogP contribution in [-0.2, 0) is 0 Å². The van der Waals surface area contributed by atoms with Gasteiger partial charge < -0.3 is 15.1 Å². The van der Waals surface area contributed by atoms with Gasteiger partial charge >= 0.3 is 0 Å². The van der Waals surface area contributed by atoms with Crippen molar-refractivity contribution in [2.45, 2.75) is 25.7 Å². The third kappa shape index (κ3) is 6.39. The summed E-state index contributed by atoms with van der Waals surface area (Å²) in [7, 11) is 1.76. The number of amides is 1. The van der Waals surface area contributed by atoms with E-state index in [4.69, 9.17) is 10.2 Å². The Bertz CT molecular complexity index is 506. The van der Waals surface area contributed by atoms with Crippen molar-refractivity contribution in [3.8, 4) is 11.8 Å². The van der Waals surface area contributed by atoms with E-state index in [2.05, 4.69) is 16.8 Å². The molecular formula is C16H22N2O3. The van der Waals surface area contributed by atoms with Crippen molar-refractivity contribution in [2.75, 3.05) is 26.8 Å². The number of pyridine rings is 1. The maximum absolute atomic E-state index is 12.2. The van der Waals surface area contributed by atoms with Crippen LogP contribution < -0.4 is 0 Å². The molecule has 21 heavy (non-hydrogen) atoms. The molecule has 0 saturated carbocycles. The number of unbranched alkanes of at least 4 members (excludes halogenated alkanes) is 2. The van der Waals surface area contributed by atoms with E-state index in [9.17, 15) is 4.79 Å². The maximum atomic E-state index is 12.2. The Morgan fingerprint density at radius 3 is 2.76 bits per heavy atom. The Kier molecular flexibility index (Phi) is 8.10. The van der Waals surface area contributed by atoms with Crippen molar-refractivity contribution in [3.63, 3.8) is 0 Å². The number of hydrogen-bond acceptors (Lipinski definition) is 4. The summed E-state index contributed by atoms with van der Waals surface area (Å²) in [5.41, 5.74) is 1.18. The molecule has 2 N–H and O–H groups in total. The van der Waals surface area contributed by atoms with E-state index in [0.29, 0.717) is 24.1 Å². The lowest BCUT2D eigenvalue weighted by Gasteiger charge is -2.16. The number of carbonyl (C=O) groups excluding carboxylic acids is 1. The standard InChI is InChI=1S/C16H22N2O3/c1-18(8-4-2-5-9-19)16(21)15-11-14(12-17-13-15)7-3-6-10-20/h11-13,19-20H,2,4-6,8-10H2,1H3. The Balaban J connectivity index is 2.61. The molecule has 5 heteroatoms. The molecule has 0 fully saturated rings. The number of aromatic nitrogens is 1. The van der Waals surface area contributed by atoms with Crippen LogP contribution in [0.3, 0.4) is 0 Å². The molecule has 0 aromatic carbocycles. The lowest BCUT2D eigenvalue weighted by Crippen LogP contribution is -2.27. The van der Waals surface area contributed by atoms with Crippen molar-refractivity contribution in [3.05, 3.63) is 29.6 Å². The molecule has 0 bridgehead atoms. The van der Waals surface area contributed by atoms with Crippen LogP contribution >= 0.6 is 0 Å². The molecule has 1 aromatic heterocycles. The Hall–Kier alpha value is -1.90. The van der Waals surface area contributed by atoms with Gasteiger partial charge in [0.1, 0.15) is 0 Å². The summed E-state index contributed by atoms with van der Waals surface area (Å²) < 4.78 is 0. The van der Waals surface area contributed by atoms with Crippen LogP contribution in [0, 0.1) is 11.8 Å². The first-order valence-electron chi connectivity index (χ1n) is 7.10. The quantitative estimate of drug-likeness (QED) is 0.581. The first-order chi connectivity index (χ1) is 10.2. The van der Waals surface area contributed by atoms with Crippen LogP contribution in [0.5, 0.6) is 0 Å². The number of rotatable bonds is 7. The minimum absolute atomic E-state index is 0.0234. The summed E-state index contributed by atoms with van der Waals surface area (Å²) in [6, 6.07) is 1.71. The highest BCUT2D eigenvalue weighted by molar-refractivity contribution is 5.94. The van der Waals surface area contributed by atoms with Crippen LogP contribution in [0.25, 0.3) is 0 Å². The fourth-order valence-electron chi connectivity index (χ4n) is 1.81. The van der Waals surface area contributed by atoms with Gasteiger partial charge in [0.2, 0.25) is 0 Å². The minimum Gasteiger partial charge on any atom is -0.396 e. The fourth-order valence-corrected chi connectivity index (χ4v) is 1.81. The molecule has 0 spiro atoms. The molecule has 1 heterocycles. The third-order valence-corrected chi connectivity index (χ3v) is 2.95. The van der Waals surface area contributed by atoms with E-state index >= 15 is 0 Å². The first-order valence-corrected chi connectivity index (χ1v) is 7.10. The Morgan fingerprint density at radius 2 is 2.05 bits per heavy atom. The second-order valence-corrected chi connectivity index (χ2v) is 4.75. The number of aliphatic hydroxyl groups excluding tert-OH is 2. The number of nitrogens with zero attached hydrogens (tertiary/aromatic N) is 2. The van der Waals surface area contributed by atoms with Gasteiger partial charge in [0.25, 0.3) is 5.91 Å². The molecule has 1 rings (SSSR count). The molecule has 0 aliphatic carbocycles. The van der Waals surface area contributed by atoms with E-state index in [-0.39, 0.29) is 19.1 Å². The molecule has 0 aliphatic heterocycles. The fraction of sp³-hybridized carbons (Fsp3) is 0.500. The van der Waals surface area contributed by atoms with Crippen LogP contribution in [0.2, 0.25) is 0 Å². The molecule has 1 aromatic rings. The predicted octanol–water partition coefficient (Wildman–Crippen LogP) is 1.05. The van der Waals surface area contributed by atoms with Crippen LogP contribution in [0.15, 0.2) is 18.5 Å². The summed E-state index contributed by atoms with van der Waals surface area (Å²) >= 11 is 0. The first kappa shape index (κ1) is 17.2. The number of hydrogen-bond donors (Lipinski definition) is 2. The lowest BCUT2D eigenvalue weighted by atomic mass is 10.1. The molecule has 5 nitrogen and oxygen atoms in total. The average molecular weight is 290 g/mol. The normalized spacial score (nSPS) is 9.86. The zero-order valence-corrected chi connectivity index (χ0v) is 12.4. The lowest BCUT2D eigenvalue weighted by molar-refractivity contribution is 0.0791. The van der Waals surface area contributed by atoms with Gasteiger partial charge in [0, 0.05) is 44.6 Å². The summed E-state index contributed by atoms with van der Waals surface area (Å²) in [5.74, 6) is 5.59. The third-order valence-electron chi connectivity index (χ3n) is 2.95. The van der Waals surface area contributed by atoms with Gasteiger partial charge in [-0.1, -0.05) is 11.8 Å². The van der Waals surface area contributed by atoms with Gasteiger partial charge in [-0.3, -0.25) is 9.78 Å². The second kappa shape index (κ2) is 9.92. The monoisotopic (exact) mass is 290 g/mol. The largest absolute Gasteiger partial charge is 0.396 e. The molecule has 0 saturated heterocycles. The smallest absolute Gasteiger partial charge is 0.255 e. The van der Waals surface area contributed by atoms with Crippen LogP contribution in [-0.4, -0.2) is 52.8 Å². The minimum atomic E-state index is -0.0858. The van der Waals surface area contributed by atoms with Gasteiger partial charge in [-0.15, -0.1) is 0 Å². The summed E-state index contributed by atoms with van der Waals surface area (Å²) in [6.07, 6.45) is 6.07. The zero-order valence-electron chi connectivity index (χ0n) is 12.4. The molecule has 0 atom stereocenters. The number of carbonyl (C=O) groups is 1. The SMILES string of the molecule is CN(CCCCCO)C(=O)c1cncc(C#CCCO)c1. The van der Waals surface area contributed by atoms with Crippen LogP contribution in [0.1, 0.15) is 41.6 Å². The highest BCUT2D eigenvalue weighted by Gasteiger charge is 2.11. The van der Waals surface area contributed by atoms with E-state index < -0.39 is 0 Å². The Morgan fingerprint density at radius 1 is 1.24 bits per heavy atom. The predicted molar refractivity (Wildman–Crippen MR) is 80.7 cm³/mol. The topological polar surface area (TPSA) is 73.7 Å². The highest BCUT2D eigenvalue weighted by atomic mass is 16.3. The van der Waals surface area contributed by atoms with E-state index in [1.807, 2.05) is 0 Å². The summed E-state index contributed by atoms with van der Waals surface area (Å²) in [4.78, 5) is 17.9. The maximum Gasteiger partial charge on any atom is 0.255 e. The van der Waals surface area contributed by atoms with Crippen molar-refractivity contribution >= 4 is 5.91 Å². The van der Waals surface area contributed by atoms with E-state index in [1.165, 1.54) is 6.20 Å². The average Bonchev–Trinajstić information content (AvgIpc) is 2.51. The highest BCUT2D eigenvalue weighted by Crippen LogP contribution is 2.06. The van der Waals surface area contributed by atoms with Gasteiger partial charge in [0.05, 0.1) is 12.2 Å². The van der Waals surface area contributed by atoms with Crippen molar-refractivity contribution in [1.82, 2.24) is 9.88 Å². The Labute approximate surface area is 125 Å². The van der Waals surface area contributed by atoms with Gasteiger partial charge in [-0.2, -0.15) is 0 Å². The summed E-state index contributed by atoms with van der Waals surface area (Å²) in [5, 5.41) is 17.4. The molecule has 0 aliphatic rings. The van der Waals surface area contributed by atoms with Gasteiger partial charge in [-0.25, -0.2) is 0 Å². The number of aliphatic hydroxyl groups is 2. The molecule has 114 valence electrons. The molecule has 0 unspecified atom stereocenters. The summed E-state index contributed by atoms with van der Waals surface area (Å²) in [6.45, 7) is 0.866. The van der Waals surface area contributed by atoms with Crippen molar-refractivity contribution in [2.24, 2.45) is 0 Å². The molecule has 1 amide bonds. The van der Waals surface area contributed by atoms with E-state index in [1.54, 1.807) is 24.2 Å². The van der Waals surface area contributed by atoms with E-state index in [0.717, 1.165) is 19.3 Å². The molecule has 0 radical (unpaired) electrons. The van der Waals surface area contributed by atoms with Gasteiger partial charge in [0.15, 0.2) is 0 Å². The van der Waals surface area contributed by atoms with Gasteiger partial charge in [-0.05, 0) is 25.3 Å². The van der Waals surface area contributed by atoms with Crippen LogP contribution in [0.4, 0.5) is 0 Å². The zero-order chi connectivity index (χ0) is 15.5.